The highest BCUT2D eigenvalue weighted by Crippen LogP contribution is 1.99. The molecule has 0 fully saturated rings. The minimum atomic E-state index is 0. The third kappa shape index (κ3) is 49.6. The third-order valence-corrected chi connectivity index (χ3v) is 3.18. The van der Waals surface area contributed by atoms with Crippen LogP contribution in [0.5, 0.6) is 0 Å². The molecule has 164 valence electrons. The first-order valence-electron chi connectivity index (χ1n) is 10.1. The van der Waals surface area contributed by atoms with E-state index in [1.54, 1.807) is 0 Å². The highest BCUT2D eigenvalue weighted by atomic mass is 16.5. The van der Waals surface area contributed by atoms with Crippen LogP contribution in [-0.4, -0.2) is 46.1 Å². The molecule has 0 bridgehead atoms. The maximum absolute atomic E-state index is 5.30. The first kappa shape index (κ1) is 33.4. The van der Waals surface area contributed by atoms with Crippen LogP contribution in [0.15, 0.2) is 0 Å². The van der Waals surface area contributed by atoms with Gasteiger partial charge in [0.15, 0.2) is 0 Å². The molecule has 26 heavy (non-hydrogen) atoms. The molecule has 0 radical (unpaired) electrons. The van der Waals surface area contributed by atoms with E-state index in [-0.39, 0.29) is 7.43 Å². The van der Waals surface area contributed by atoms with E-state index < -0.39 is 0 Å². The monoisotopic (exact) mass is 379 g/mol. The largest absolute Gasteiger partial charge is 0.381 e. The zero-order valence-corrected chi connectivity index (χ0v) is 18.1. The Hall–Kier alpha value is -0.200. The summed E-state index contributed by atoms with van der Waals surface area (Å²) in [5.41, 5.74) is 15.7. The molecular formula is C21H53N3O2. The Kier molecular flexibility index (Phi) is 38.0. The highest BCUT2D eigenvalue weighted by Gasteiger charge is 1.93. The summed E-state index contributed by atoms with van der Waals surface area (Å²) in [6.45, 7) is 18.6. The van der Waals surface area contributed by atoms with Gasteiger partial charge in [0.2, 0.25) is 0 Å². The van der Waals surface area contributed by atoms with E-state index in [4.69, 9.17) is 26.7 Å². The summed E-state index contributed by atoms with van der Waals surface area (Å²) in [7, 11) is 0. The van der Waals surface area contributed by atoms with E-state index in [1.807, 2.05) is 0 Å². The molecule has 0 aliphatic rings. The summed E-state index contributed by atoms with van der Waals surface area (Å²) in [5.74, 6) is 2.26. The number of hydrogen-bond donors (Lipinski definition) is 3. The maximum atomic E-state index is 5.30. The Morgan fingerprint density at radius 3 is 1.23 bits per heavy atom. The first-order valence-corrected chi connectivity index (χ1v) is 10.1. The second-order valence-corrected chi connectivity index (χ2v) is 7.49. The van der Waals surface area contributed by atoms with Crippen molar-refractivity contribution in [3.63, 3.8) is 0 Å². The van der Waals surface area contributed by atoms with E-state index in [0.717, 1.165) is 76.3 Å². The van der Waals surface area contributed by atoms with Gasteiger partial charge in [-0.05, 0) is 56.5 Å². The van der Waals surface area contributed by atoms with E-state index in [0.29, 0.717) is 13.2 Å². The van der Waals surface area contributed by atoms with Gasteiger partial charge in [-0.1, -0.05) is 49.0 Å². The molecule has 0 rings (SSSR count). The molecule has 0 aromatic carbocycles. The minimum Gasteiger partial charge on any atom is -0.381 e. The molecule has 0 aliphatic carbocycles. The summed E-state index contributed by atoms with van der Waals surface area (Å²) in [4.78, 5) is 0. The van der Waals surface area contributed by atoms with Crippen LogP contribution >= 0.6 is 0 Å². The molecule has 0 atom stereocenters. The molecule has 0 unspecified atom stereocenters. The summed E-state index contributed by atoms with van der Waals surface area (Å²) < 4.78 is 10.5. The van der Waals surface area contributed by atoms with E-state index in [1.165, 1.54) is 0 Å². The Balaban J connectivity index is -0.000000141. The van der Waals surface area contributed by atoms with Crippen molar-refractivity contribution in [1.29, 1.82) is 0 Å². The van der Waals surface area contributed by atoms with Crippen LogP contribution in [0, 0.1) is 17.8 Å². The SMILES string of the molecule is C.CC(C)CCN.CC(C)CCOCCCN.CC(C)CCOCCN. The third-order valence-electron chi connectivity index (χ3n) is 3.18. The molecule has 0 aliphatic heterocycles. The minimum absolute atomic E-state index is 0. The Bertz CT molecular complexity index is 213. The number of nitrogens with two attached hydrogens (primary N) is 3. The van der Waals surface area contributed by atoms with Crippen molar-refractivity contribution in [3.8, 4) is 0 Å². The van der Waals surface area contributed by atoms with Crippen molar-refractivity contribution in [2.75, 3.05) is 46.1 Å². The maximum Gasteiger partial charge on any atom is 0.0588 e. The summed E-state index contributed by atoms with van der Waals surface area (Å²) in [6, 6.07) is 0. The zero-order valence-electron chi connectivity index (χ0n) is 18.1. The lowest BCUT2D eigenvalue weighted by molar-refractivity contribution is 0.122. The molecule has 5 heteroatoms. The summed E-state index contributed by atoms with van der Waals surface area (Å²) in [6.07, 6.45) is 4.43. The fraction of sp³-hybridized carbons (Fsp3) is 1.00. The molecule has 0 aromatic heterocycles. The van der Waals surface area contributed by atoms with Gasteiger partial charge in [-0.25, -0.2) is 0 Å². The van der Waals surface area contributed by atoms with Crippen molar-refractivity contribution in [1.82, 2.24) is 0 Å². The Labute approximate surface area is 165 Å². The van der Waals surface area contributed by atoms with Crippen LogP contribution in [0.2, 0.25) is 0 Å². The quantitative estimate of drug-likeness (QED) is 0.420. The van der Waals surface area contributed by atoms with Crippen molar-refractivity contribution in [2.45, 2.75) is 74.7 Å². The van der Waals surface area contributed by atoms with Crippen LogP contribution in [-0.2, 0) is 9.47 Å². The first-order chi connectivity index (χ1) is 11.8. The van der Waals surface area contributed by atoms with Gasteiger partial charge in [-0.15, -0.1) is 0 Å². The van der Waals surface area contributed by atoms with Crippen LogP contribution in [0.4, 0.5) is 0 Å². The molecule has 0 spiro atoms. The van der Waals surface area contributed by atoms with Gasteiger partial charge in [-0.2, -0.15) is 0 Å². The number of rotatable bonds is 13. The van der Waals surface area contributed by atoms with Crippen LogP contribution in [0.1, 0.15) is 74.7 Å². The number of ether oxygens (including phenoxy) is 2. The Morgan fingerprint density at radius 2 is 0.962 bits per heavy atom. The molecule has 0 saturated heterocycles. The van der Waals surface area contributed by atoms with Crippen molar-refractivity contribution in [2.24, 2.45) is 35.0 Å². The molecule has 0 heterocycles. The predicted molar refractivity (Wildman–Crippen MR) is 119 cm³/mol. The van der Waals surface area contributed by atoms with Crippen LogP contribution in [0.3, 0.4) is 0 Å². The normalized spacial score (nSPS) is 10.2. The van der Waals surface area contributed by atoms with Gasteiger partial charge in [0.25, 0.3) is 0 Å². The van der Waals surface area contributed by atoms with Gasteiger partial charge in [0.1, 0.15) is 0 Å². The fourth-order valence-corrected chi connectivity index (χ4v) is 1.44. The van der Waals surface area contributed by atoms with Crippen molar-refractivity contribution < 1.29 is 9.47 Å². The average Bonchev–Trinajstić information content (AvgIpc) is 2.52. The molecule has 0 amide bonds. The molecule has 0 aromatic rings. The standard InChI is InChI=1S/C8H19NO.C7H17NO.C5H13N.CH4/c1-8(2)4-7-10-6-3-5-9;1-7(2)3-5-9-6-4-8;1-5(2)3-4-6;/h8H,3-7,9H2,1-2H3;7H,3-6,8H2,1-2H3;5H,3-4,6H2,1-2H3;1H4. The predicted octanol–water partition coefficient (Wildman–Crippen LogP) is 4.03. The average molecular weight is 380 g/mol. The van der Waals surface area contributed by atoms with Gasteiger partial charge >= 0.3 is 0 Å². The van der Waals surface area contributed by atoms with E-state index >= 15 is 0 Å². The van der Waals surface area contributed by atoms with Gasteiger partial charge in [-0.3, -0.25) is 0 Å². The lowest BCUT2D eigenvalue weighted by atomic mass is 10.1. The van der Waals surface area contributed by atoms with Gasteiger partial charge in [0, 0.05) is 26.4 Å². The Morgan fingerprint density at radius 1 is 0.538 bits per heavy atom. The van der Waals surface area contributed by atoms with Gasteiger partial charge < -0.3 is 26.7 Å². The lowest BCUT2D eigenvalue weighted by Crippen LogP contribution is -2.09. The van der Waals surface area contributed by atoms with Crippen LogP contribution in [0.25, 0.3) is 0 Å². The second-order valence-electron chi connectivity index (χ2n) is 7.49. The molecule has 5 nitrogen and oxygen atoms in total. The highest BCUT2D eigenvalue weighted by molar-refractivity contribution is 4.44. The molecule has 6 N–H and O–H groups in total. The van der Waals surface area contributed by atoms with Crippen molar-refractivity contribution in [3.05, 3.63) is 0 Å². The smallest absolute Gasteiger partial charge is 0.0588 e. The summed E-state index contributed by atoms with van der Waals surface area (Å²) in [5, 5.41) is 0. The lowest BCUT2D eigenvalue weighted by Gasteiger charge is -2.04. The zero-order chi connectivity index (χ0) is 19.9. The second kappa shape index (κ2) is 29.6. The van der Waals surface area contributed by atoms with Gasteiger partial charge in [0.05, 0.1) is 6.61 Å². The molecular weight excluding hydrogens is 326 g/mol. The van der Waals surface area contributed by atoms with E-state index in [2.05, 4.69) is 41.5 Å². The fourth-order valence-electron chi connectivity index (χ4n) is 1.44. The summed E-state index contributed by atoms with van der Waals surface area (Å²) >= 11 is 0. The number of hydrogen-bond acceptors (Lipinski definition) is 5. The van der Waals surface area contributed by atoms with Crippen molar-refractivity contribution >= 4 is 0 Å². The van der Waals surface area contributed by atoms with Crippen LogP contribution < -0.4 is 17.2 Å². The van der Waals surface area contributed by atoms with E-state index in [9.17, 15) is 0 Å². The topological polar surface area (TPSA) is 96.5 Å². The molecule has 0 saturated carbocycles.